The molecular weight excluding hydrogens is 597 g/mol. The summed E-state index contributed by atoms with van der Waals surface area (Å²) in [5, 5.41) is 15.4. The summed E-state index contributed by atoms with van der Waals surface area (Å²) in [7, 11) is 1.55. The third-order valence-electron chi connectivity index (χ3n) is 7.90. The van der Waals surface area contributed by atoms with Gasteiger partial charge in [-0.1, -0.05) is 6.07 Å². The molecule has 9 nitrogen and oxygen atoms in total. The number of H-pyrrole nitrogens is 1. The molecule has 1 aliphatic rings. The molecule has 0 saturated carbocycles. The van der Waals surface area contributed by atoms with Crippen molar-refractivity contribution in [3.05, 3.63) is 87.1 Å². The maximum Gasteiger partial charge on any atom is 0.336 e. The maximum absolute atomic E-state index is 14.1. The monoisotopic (exact) mass is 622 g/mol. The van der Waals surface area contributed by atoms with Crippen molar-refractivity contribution in [2.75, 3.05) is 18.2 Å². The van der Waals surface area contributed by atoms with Gasteiger partial charge < -0.3 is 30.6 Å². The zero-order chi connectivity index (χ0) is 30.7. The summed E-state index contributed by atoms with van der Waals surface area (Å²) in [6, 6.07) is 16.0. The highest BCUT2D eigenvalue weighted by Crippen LogP contribution is 2.48. The molecule has 0 atom stereocenters. The van der Waals surface area contributed by atoms with Crippen LogP contribution >= 0.6 is 22.7 Å². The number of aryl methyl sites for hydroxylation is 1. The van der Waals surface area contributed by atoms with Crippen molar-refractivity contribution in [2.45, 2.75) is 20.5 Å². The number of amides is 1. The van der Waals surface area contributed by atoms with Crippen LogP contribution in [0.5, 0.6) is 11.5 Å². The molecule has 0 saturated heterocycles. The fraction of sp³-hybridized carbons (Fsp3) is 0.121. The minimum absolute atomic E-state index is 0.0531. The number of nitrogens with two attached hydrogens (primary N) is 1. The van der Waals surface area contributed by atoms with Gasteiger partial charge in [-0.3, -0.25) is 4.79 Å². The van der Waals surface area contributed by atoms with Gasteiger partial charge in [0.2, 0.25) is 0 Å². The molecule has 0 fully saturated rings. The van der Waals surface area contributed by atoms with Crippen molar-refractivity contribution >= 4 is 57.2 Å². The van der Waals surface area contributed by atoms with Crippen molar-refractivity contribution in [1.82, 2.24) is 9.97 Å². The van der Waals surface area contributed by atoms with E-state index in [1.165, 1.54) is 11.3 Å². The molecule has 1 amide bonds. The molecule has 220 valence electrons. The van der Waals surface area contributed by atoms with E-state index >= 15 is 0 Å². The Labute approximate surface area is 259 Å². The highest BCUT2D eigenvalue weighted by atomic mass is 32.1. The fourth-order valence-corrected chi connectivity index (χ4v) is 7.51. The second kappa shape index (κ2) is 10.5. The summed E-state index contributed by atoms with van der Waals surface area (Å²) >= 11 is 3.14. The fourth-order valence-electron chi connectivity index (χ4n) is 5.58. The predicted octanol–water partition coefficient (Wildman–Crippen LogP) is 7.74. The average molecular weight is 623 g/mol. The van der Waals surface area contributed by atoms with E-state index in [-0.39, 0.29) is 17.1 Å². The topological polar surface area (TPSA) is 140 Å². The van der Waals surface area contributed by atoms with E-state index < -0.39 is 11.9 Å². The lowest BCUT2D eigenvalue weighted by atomic mass is 9.89. The van der Waals surface area contributed by atoms with Crippen LogP contribution < -0.4 is 20.5 Å². The molecule has 0 radical (unpaired) electrons. The SMILES string of the molecule is COc1cc(-c2cc3c(cc2C(=O)O)-c2sc(C)c(C)c2CO3)c(C(=O)Nc2ccc3[nH]c(N)nc3c2)cc1-c1cccs1. The van der Waals surface area contributed by atoms with Crippen LogP contribution in [0.4, 0.5) is 11.6 Å². The Balaban J connectivity index is 1.42. The molecule has 7 rings (SSSR count). The standard InChI is InChI=1S/C33H26N4O5S2/c1-15-16(2)44-30-23-11-21(32(39)40)19(13-28(23)42-14-24(15)30)18-12-27(41-3)22(29-5-4-8-43-29)10-20(18)31(38)35-17-6-7-25-26(9-17)37-33(34)36-25/h4-13H,14H2,1-3H3,(H,35,38)(H,39,40)(H3,34,36,37). The van der Waals surface area contributed by atoms with Gasteiger partial charge in [0, 0.05) is 48.1 Å². The maximum atomic E-state index is 14.1. The normalized spacial score (nSPS) is 12.0. The summed E-state index contributed by atoms with van der Waals surface area (Å²) in [4.78, 5) is 37.1. The number of rotatable bonds is 6. The molecule has 5 N–H and O–H groups in total. The van der Waals surface area contributed by atoms with Gasteiger partial charge >= 0.3 is 5.97 Å². The van der Waals surface area contributed by atoms with Crippen LogP contribution in [0.2, 0.25) is 0 Å². The molecule has 3 aromatic carbocycles. The van der Waals surface area contributed by atoms with Gasteiger partial charge in [0.15, 0.2) is 5.95 Å². The van der Waals surface area contributed by atoms with Gasteiger partial charge in [-0.2, -0.15) is 0 Å². The number of carbonyl (C=O) groups excluding carboxylic acids is 1. The third-order valence-corrected chi connectivity index (χ3v) is 10.1. The number of fused-ring (bicyclic) bond motifs is 4. The molecular formula is C33H26N4O5S2. The Morgan fingerprint density at radius 3 is 2.59 bits per heavy atom. The number of imidazole rings is 1. The molecule has 1 aliphatic heterocycles. The van der Waals surface area contributed by atoms with Crippen LogP contribution in [-0.2, 0) is 6.61 Å². The number of aromatic carboxylic acids is 1. The first-order valence-electron chi connectivity index (χ1n) is 13.7. The summed E-state index contributed by atoms with van der Waals surface area (Å²) in [6.45, 7) is 4.49. The number of ether oxygens (including phenoxy) is 2. The van der Waals surface area contributed by atoms with Gasteiger partial charge in [0.1, 0.15) is 18.1 Å². The van der Waals surface area contributed by atoms with Crippen LogP contribution in [0.25, 0.3) is 43.0 Å². The Morgan fingerprint density at radius 2 is 1.84 bits per heavy atom. The summed E-state index contributed by atoms with van der Waals surface area (Å²) < 4.78 is 12.0. The predicted molar refractivity (Wildman–Crippen MR) is 174 cm³/mol. The molecule has 0 aliphatic carbocycles. The lowest BCUT2D eigenvalue weighted by Gasteiger charge is -2.22. The number of carboxylic acids is 1. The van der Waals surface area contributed by atoms with Gasteiger partial charge in [0.05, 0.1) is 23.7 Å². The number of nitrogen functional groups attached to an aromatic ring is 1. The number of anilines is 2. The molecule has 0 bridgehead atoms. The van der Waals surface area contributed by atoms with Gasteiger partial charge in [-0.05, 0) is 78.9 Å². The van der Waals surface area contributed by atoms with E-state index in [4.69, 9.17) is 15.2 Å². The minimum atomic E-state index is -1.12. The second-order valence-electron chi connectivity index (χ2n) is 10.5. The highest BCUT2D eigenvalue weighted by molar-refractivity contribution is 7.16. The number of carboxylic acid groups (broad SMARTS) is 1. The van der Waals surface area contributed by atoms with Gasteiger partial charge in [0.25, 0.3) is 5.91 Å². The Kier molecular flexibility index (Phi) is 6.64. The average Bonchev–Trinajstić information content (AvgIpc) is 3.74. The number of hydrogen-bond donors (Lipinski definition) is 4. The van der Waals surface area contributed by atoms with Crippen molar-refractivity contribution in [3.8, 4) is 43.5 Å². The lowest BCUT2D eigenvalue weighted by molar-refractivity contribution is 0.0697. The van der Waals surface area contributed by atoms with E-state index in [0.29, 0.717) is 46.0 Å². The number of aromatic amines is 1. The van der Waals surface area contributed by atoms with Crippen molar-refractivity contribution in [1.29, 1.82) is 0 Å². The van der Waals surface area contributed by atoms with Crippen LogP contribution in [-0.4, -0.2) is 34.1 Å². The molecule has 3 aromatic heterocycles. The van der Waals surface area contributed by atoms with Crippen LogP contribution in [0, 0.1) is 13.8 Å². The van der Waals surface area contributed by atoms with Crippen LogP contribution in [0.1, 0.15) is 36.7 Å². The highest BCUT2D eigenvalue weighted by Gasteiger charge is 2.29. The first-order chi connectivity index (χ1) is 21.2. The van der Waals surface area contributed by atoms with Crippen LogP contribution in [0.15, 0.2) is 60.0 Å². The van der Waals surface area contributed by atoms with Gasteiger partial charge in [-0.25, -0.2) is 9.78 Å². The number of aromatic nitrogens is 2. The van der Waals surface area contributed by atoms with Crippen molar-refractivity contribution in [2.24, 2.45) is 0 Å². The molecule has 44 heavy (non-hydrogen) atoms. The molecule has 0 unspecified atom stereocenters. The number of nitrogens with one attached hydrogen (secondary N) is 2. The molecule has 0 spiro atoms. The summed E-state index contributed by atoms with van der Waals surface area (Å²) in [5.41, 5.74) is 12.4. The number of benzene rings is 3. The summed E-state index contributed by atoms with van der Waals surface area (Å²) in [6.07, 6.45) is 0. The van der Waals surface area contributed by atoms with E-state index in [2.05, 4.69) is 29.1 Å². The number of thiophene rings is 2. The van der Waals surface area contributed by atoms with E-state index in [0.717, 1.165) is 36.8 Å². The minimum Gasteiger partial charge on any atom is -0.496 e. The Hall–Kier alpha value is -5.13. The number of methoxy groups -OCH3 is 1. The van der Waals surface area contributed by atoms with Crippen molar-refractivity contribution < 1.29 is 24.2 Å². The summed E-state index contributed by atoms with van der Waals surface area (Å²) in [5.74, 6) is -0.196. The molecule has 11 heteroatoms. The Bertz CT molecular complexity index is 2130. The number of nitrogens with zero attached hydrogens (tertiary/aromatic N) is 1. The van der Waals surface area contributed by atoms with E-state index in [9.17, 15) is 14.7 Å². The zero-order valence-electron chi connectivity index (χ0n) is 23.9. The van der Waals surface area contributed by atoms with Crippen LogP contribution in [0.3, 0.4) is 0 Å². The van der Waals surface area contributed by atoms with Crippen molar-refractivity contribution in [3.63, 3.8) is 0 Å². The first-order valence-corrected chi connectivity index (χ1v) is 15.4. The lowest BCUT2D eigenvalue weighted by Crippen LogP contribution is -2.15. The molecule has 6 aromatic rings. The largest absolute Gasteiger partial charge is 0.496 e. The van der Waals surface area contributed by atoms with E-state index in [1.54, 1.807) is 60.9 Å². The number of hydrogen-bond acceptors (Lipinski definition) is 8. The third kappa shape index (κ3) is 4.57. The number of carbonyl (C=O) groups is 2. The first kappa shape index (κ1) is 27.7. The zero-order valence-corrected chi connectivity index (χ0v) is 25.5. The second-order valence-corrected chi connectivity index (χ2v) is 12.6. The molecule has 4 heterocycles. The van der Waals surface area contributed by atoms with Gasteiger partial charge in [-0.15, -0.1) is 22.7 Å². The van der Waals surface area contributed by atoms with E-state index in [1.807, 2.05) is 17.5 Å². The smallest absolute Gasteiger partial charge is 0.336 e. The Morgan fingerprint density at radius 1 is 1.05 bits per heavy atom. The quantitative estimate of drug-likeness (QED) is 0.149.